The maximum absolute atomic E-state index is 11.9. The molecule has 0 aromatic heterocycles. The van der Waals surface area contributed by atoms with Crippen LogP contribution < -0.4 is 5.32 Å². The summed E-state index contributed by atoms with van der Waals surface area (Å²) in [5.74, 6) is 1.43. The maximum atomic E-state index is 11.9. The first-order chi connectivity index (χ1) is 13.5. The number of halogens is 1. The molecule has 1 fully saturated rings. The van der Waals surface area contributed by atoms with Crippen molar-refractivity contribution < 1.29 is 9.90 Å². The Morgan fingerprint density at radius 3 is 2.46 bits per heavy atom. The summed E-state index contributed by atoms with van der Waals surface area (Å²) in [7, 11) is 0. The van der Waals surface area contributed by atoms with Gasteiger partial charge in [-0.2, -0.15) is 25.3 Å². The van der Waals surface area contributed by atoms with Crippen LogP contribution in [-0.2, 0) is 10.4 Å². The molecule has 8 heteroatoms. The lowest BCUT2D eigenvalue weighted by molar-refractivity contribution is -0.122. The van der Waals surface area contributed by atoms with Crippen LogP contribution in [0.1, 0.15) is 24.8 Å². The van der Waals surface area contributed by atoms with Crippen molar-refractivity contribution in [1.82, 2.24) is 15.1 Å². The highest BCUT2D eigenvalue weighted by molar-refractivity contribution is 7.80. The molecule has 5 nitrogen and oxygen atoms in total. The fourth-order valence-corrected chi connectivity index (χ4v) is 4.10. The smallest absolute Gasteiger partial charge is 0.234 e. The van der Waals surface area contributed by atoms with E-state index in [1.165, 1.54) is 0 Å². The molecule has 2 rings (SSSR count). The molecule has 28 heavy (non-hydrogen) atoms. The number of benzene rings is 1. The quantitative estimate of drug-likeness (QED) is 0.395. The molecule has 2 N–H and O–H groups in total. The van der Waals surface area contributed by atoms with E-state index in [9.17, 15) is 9.90 Å². The summed E-state index contributed by atoms with van der Waals surface area (Å²) in [5.41, 5.74) is 0.188. The minimum absolute atomic E-state index is 0.0434. The fraction of sp³-hybridized carbons (Fsp3) is 0.650. The first-order valence-corrected chi connectivity index (χ1v) is 11.5. The molecule has 0 bridgehead atoms. The number of thiol groups is 2. The third-order valence-corrected chi connectivity index (χ3v) is 5.91. The van der Waals surface area contributed by atoms with Gasteiger partial charge in [-0.3, -0.25) is 9.69 Å². The predicted molar refractivity (Wildman–Crippen MR) is 123 cm³/mol. The fourth-order valence-electron chi connectivity index (χ4n) is 3.58. The lowest BCUT2D eigenvalue weighted by Crippen LogP contribution is -2.44. The van der Waals surface area contributed by atoms with Crippen LogP contribution in [0.2, 0.25) is 5.02 Å². The number of hydrogen-bond donors (Lipinski definition) is 4. The van der Waals surface area contributed by atoms with Crippen LogP contribution in [0.3, 0.4) is 0 Å². The summed E-state index contributed by atoms with van der Waals surface area (Å²) in [4.78, 5) is 16.5. The Labute approximate surface area is 184 Å². The van der Waals surface area contributed by atoms with E-state index in [2.05, 4.69) is 40.4 Å². The lowest BCUT2D eigenvalue weighted by atomic mass is 9.84. The van der Waals surface area contributed by atoms with Gasteiger partial charge in [-0.15, -0.1) is 0 Å². The van der Waals surface area contributed by atoms with Crippen molar-refractivity contribution in [3.8, 4) is 0 Å². The Bertz CT molecular complexity index is 596. The third kappa shape index (κ3) is 7.76. The Morgan fingerprint density at radius 2 is 1.86 bits per heavy atom. The monoisotopic (exact) mass is 445 g/mol. The third-order valence-electron chi connectivity index (χ3n) is 5.23. The minimum Gasteiger partial charge on any atom is -0.385 e. The van der Waals surface area contributed by atoms with Gasteiger partial charge in [0.2, 0.25) is 5.91 Å². The van der Waals surface area contributed by atoms with Gasteiger partial charge >= 0.3 is 0 Å². The molecule has 1 aliphatic heterocycles. The molecular weight excluding hydrogens is 414 g/mol. The van der Waals surface area contributed by atoms with E-state index in [1.807, 2.05) is 24.3 Å². The highest BCUT2D eigenvalue weighted by Crippen LogP contribution is 2.33. The van der Waals surface area contributed by atoms with Gasteiger partial charge in [0.25, 0.3) is 0 Å². The van der Waals surface area contributed by atoms with E-state index < -0.39 is 5.60 Å². The average Bonchev–Trinajstić information content (AvgIpc) is 2.68. The van der Waals surface area contributed by atoms with Gasteiger partial charge in [-0.05, 0) is 50.0 Å². The Hall–Kier alpha value is -0.440. The van der Waals surface area contributed by atoms with Crippen molar-refractivity contribution in [2.45, 2.75) is 24.9 Å². The SMILES string of the molecule is O=C(CN(CCS)CCCN1CCC(O)(c2ccc(Cl)cc2)CC1)NCCS. The standard InChI is InChI=1S/C20H32ClN3O2S2/c21-18-4-2-17(3-5-18)20(26)6-11-23(12-7-20)9-1-10-24(13-15-28)16-19(25)22-8-14-27/h2-5,26-28H,1,6-16H2,(H,22,25). The Balaban J connectivity index is 1.73. The van der Waals surface area contributed by atoms with Gasteiger partial charge in [0.05, 0.1) is 12.1 Å². The van der Waals surface area contributed by atoms with Crippen molar-refractivity contribution in [3.63, 3.8) is 0 Å². The van der Waals surface area contributed by atoms with Gasteiger partial charge in [0, 0.05) is 42.7 Å². The van der Waals surface area contributed by atoms with Crippen LogP contribution in [0, 0.1) is 0 Å². The number of likely N-dealkylation sites (tertiary alicyclic amines) is 1. The van der Waals surface area contributed by atoms with Crippen LogP contribution in [0.5, 0.6) is 0 Å². The molecular formula is C20H32ClN3O2S2. The lowest BCUT2D eigenvalue weighted by Gasteiger charge is -2.38. The number of hydrogen-bond acceptors (Lipinski definition) is 6. The van der Waals surface area contributed by atoms with Gasteiger partial charge in [-0.1, -0.05) is 23.7 Å². The van der Waals surface area contributed by atoms with E-state index in [1.54, 1.807) is 0 Å². The van der Waals surface area contributed by atoms with Crippen LogP contribution in [0.15, 0.2) is 24.3 Å². The zero-order valence-corrected chi connectivity index (χ0v) is 18.9. The van der Waals surface area contributed by atoms with Crippen LogP contribution in [-0.4, -0.2) is 78.1 Å². The molecule has 0 saturated carbocycles. The maximum Gasteiger partial charge on any atom is 0.234 e. The van der Waals surface area contributed by atoms with Gasteiger partial charge in [0.15, 0.2) is 0 Å². The highest BCUT2D eigenvalue weighted by Gasteiger charge is 2.33. The minimum atomic E-state index is -0.760. The van der Waals surface area contributed by atoms with E-state index in [0.29, 0.717) is 23.9 Å². The van der Waals surface area contributed by atoms with Crippen molar-refractivity contribution in [2.24, 2.45) is 0 Å². The summed E-state index contributed by atoms with van der Waals surface area (Å²) < 4.78 is 0. The van der Waals surface area contributed by atoms with Crippen LogP contribution in [0.25, 0.3) is 0 Å². The summed E-state index contributed by atoms with van der Waals surface area (Å²) in [6.45, 7) is 5.38. The number of piperidine rings is 1. The second-order valence-electron chi connectivity index (χ2n) is 7.31. The predicted octanol–water partition coefficient (Wildman–Crippen LogP) is 2.29. The average molecular weight is 446 g/mol. The number of carbonyl (C=O) groups excluding carboxylic acids is 1. The summed E-state index contributed by atoms with van der Waals surface area (Å²) in [6.07, 6.45) is 2.44. The highest BCUT2D eigenvalue weighted by atomic mass is 35.5. The Kier molecular flexibility index (Phi) is 10.5. The van der Waals surface area contributed by atoms with Crippen molar-refractivity contribution in [2.75, 3.05) is 57.3 Å². The molecule has 1 saturated heterocycles. The van der Waals surface area contributed by atoms with Crippen molar-refractivity contribution in [3.05, 3.63) is 34.9 Å². The molecule has 1 amide bonds. The van der Waals surface area contributed by atoms with Gasteiger partial charge in [-0.25, -0.2) is 0 Å². The van der Waals surface area contributed by atoms with E-state index in [-0.39, 0.29) is 5.91 Å². The molecule has 0 radical (unpaired) electrons. The number of amides is 1. The summed E-state index contributed by atoms with van der Waals surface area (Å²) in [5, 5.41) is 14.5. The second-order valence-corrected chi connectivity index (χ2v) is 8.64. The molecule has 0 unspecified atom stereocenters. The van der Waals surface area contributed by atoms with Gasteiger partial charge < -0.3 is 15.3 Å². The molecule has 0 aliphatic carbocycles. The molecule has 0 atom stereocenters. The van der Waals surface area contributed by atoms with Crippen molar-refractivity contribution >= 4 is 42.8 Å². The number of nitrogens with one attached hydrogen (secondary N) is 1. The normalized spacial score (nSPS) is 17.0. The molecule has 158 valence electrons. The summed E-state index contributed by atoms with van der Waals surface area (Å²) in [6, 6.07) is 7.52. The van der Waals surface area contributed by atoms with Crippen LogP contribution >= 0.6 is 36.9 Å². The Morgan fingerprint density at radius 1 is 1.18 bits per heavy atom. The van der Waals surface area contributed by atoms with Gasteiger partial charge in [0.1, 0.15) is 0 Å². The summed E-state index contributed by atoms with van der Waals surface area (Å²) >= 11 is 14.4. The molecule has 1 aromatic rings. The molecule has 1 aromatic carbocycles. The topological polar surface area (TPSA) is 55.8 Å². The van der Waals surface area contributed by atoms with E-state index in [0.717, 1.165) is 63.3 Å². The zero-order valence-electron chi connectivity index (χ0n) is 16.3. The number of carbonyl (C=O) groups is 1. The second kappa shape index (κ2) is 12.3. The number of aliphatic hydroxyl groups is 1. The number of rotatable bonds is 11. The first kappa shape index (κ1) is 23.8. The molecule has 1 aliphatic rings. The first-order valence-electron chi connectivity index (χ1n) is 9.88. The molecule has 1 heterocycles. The van der Waals surface area contributed by atoms with Crippen molar-refractivity contribution in [1.29, 1.82) is 0 Å². The van der Waals surface area contributed by atoms with Crippen LogP contribution in [0.4, 0.5) is 0 Å². The molecule has 0 spiro atoms. The number of nitrogens with zero attached hydrogens (tertiary/aromatic N) is 2. The van der Waals surface area contributed by atoms with E-state index in [4.69, 9.17) is 11.6 Å². The zero-order chi connectivity index (χ0) is 20.4. The largest absolute Gasteiger partial charge is 0.385 e. The van der Waals surface area contributed by atoms with E-state index >= 15 is 0 Å².